The van der Waals surface area contributed by atoms with Crippen LogP contribution in [0.2, 0.25) is 10.0 Å². The molecule has 1 N–H and O–H groups in total. The molecule has 0 aliphatic carbocycles. The summed E-state index contributed by atoms with van der Waals surface area (Å²) in [6.07, 6.45) is 0. The summed E-state index contributed by atoms with van der Waals surface area (Å²) in [6.45, 7) is 1.46. The van der Waals surface area contributed by atoms with Gasteiger partial charge in [-0.1, -0.05) is 23.2 Å². The Kier molecular flexibility index (Phi) is 4.93. The standard InChI is InChI=1S/C10H9Cl2FN2O2S/c1-6(4-14)5-15-18(16,17)8-3-2-7(11)10(13)9(8)12/h2-3,6,15H,5H2,1H3. The third kappa shape index (κ3) is 3.33. The van der Waals surface area contributed by atoms with E-state index in [2.05, 4.69) is 4.72 Å². The van der Waals surface area contributed by atoms with Crippen molar-refractivity contribution >= 4 is 33.2 Å². The zero-order valence-corrected chi connectivity index (χ0v) is 11.6. The fraction of sp³-hybridized carbons (Fsp3) is 0.300. The van der Waals surface area contributed by atoms with E-state index >= 15 is 0 Å². The summed E-state index contributed by atoms with van der Waals surface area (Å²) in [5, 5.41) is 7.72. The minimum Gasteiger partial charge on any atom is -0.210 e. The Balaban J connectivity index is 3.07. The molecule has 0 aromatic heterocycles. The summed E-state index contributed by atoms with van der Waals surface area (Å²) < 4.78 is 39.2. The number of hydrogen-bond acceptors (Lipinski definition) is 3. The molecule has 1 aromatic carbocycles. The summed E-state index contributed by atoms with van der Waals surface area (Å²) in [5.41, 5.74) is 0. The topological polar surface area (TPSA) is 70.0 Å². The third-order valence-corrected chi connectivity index (χ3v) is 4.33. The van der Waals surface area contributed by atoms with Crippen molar-refractivity contribution in [2.75, 3.05) is 6.54 Å². The number of sulfonamides is 1. The largest absolute Gasteiger partial charge is 0.242 e. The monoisotopic (exact) mass is 310 g/mol. The van der Waals surface area contributed by atoms with E-state index in [4.69, 9.17) is 28.5 Å². The van der Waals surface area contributed by atoms with Gasteiger partial charge in [0, 0.05) is 6.54 Å². The molecule has 1 unspecified atom stereocenters. The highest BCUT2D eigenvalue weighted by molar-refractivity contribution is 7.89. The van der Waals surface area contributed by atoms with Crippen molar-refractivity contribution in [2.45, 2.75) is 11.8 Å². The first kappa shape index (κ1) is 15.2. The van der Waals surface area contributed by atoms with E-state index in [1.807, 2.05) is 6.07 Å². The van der Waals surface area contributed by atoms with Gasteiger partial charge in [-0.3, -0.25) is 0 Å². The SMILES string of the molecule is CC(C#N)CNS(=O)(=O)c1ccc(Cl)c(F)c1Cl. The van der Waals surface area contributed by atoms with Gasteiger partial charge >= 0.3 is 0 Å². The summed E-state index contributed by atoms with van der Waals surface area (Å²) in [5.74, 6) is -1.50. The minimum atomic E-state index is -3.97. The molecule has 1 atom stereocenters. The molecule has 1 aromatic rings. The van der Waals surface area contributed by atoms with Crippen LogP contribution < -0.4 is 4.72 Å². The molecule has 0 saturated heterocycles. The van der Waals surface area contributed by atoms with Crippen LogP contribution in [0.15, 0.2) is 17.0 Å². The molecular formula is C10H9Cl2FN2O2S. The van der Waals surface area contributed by atoms with E-state index in [0.717, 1.165) is 12.1 Å². The molecule has 0 heterocycles. The molecule has 0 saturated carbocycles. The first-order chi connectivity index (χ1) is 8.29. The van der Waals surface area contributed by atoms with E-state index in [-0.39, 0.29) is 11.6 Å². The first-order valence-corrected chi connectivity index (χ1v) is 7.06. The van der Waals surface area contributed by atoms with E-state index in [0.29, 0.717) is 0 Å². The maximum absolute atomic E-state index is 13.4. The van der Waals surface area contributed by atoms with Crippen molar-refractivity contribution < 1.29 is 12.8 Å². The molecule has 4 nitrogen and oxygen atoms in total. The van der Waals surface area contributed by atoms with Crippen molar-refractivity contribution in [1.29, 1.82) is 5.26 Å². The average molecular weight is 311 g/mol. The van der Waals surface area contributed by atoms with Gasteiger partial charge in [0.05, 0.1) is 22.0 Å². The van der Waals surface area contributed by atoms with Gasteiger partial charge in [0.25, 0.3) is 0 Å². The number of hydrogen-bond donors (Lipinski definition) is 1. The normalized spacial score (nSPS) is 13.1. The van der Waals surface area contributed by atoms with Gasteiger partial charge in [0.1, 0.15) is 4.90 Å². The lowest BCUT2D eigenvalue weighted by Crippen LogP contribution is -2.28. The van der Waals surface area contributed by atoms with Crippen LogP contribution in [-0.4, -0.2) is 15.0 Å². The molecule has 18 heavy (non-hydrogen) atoms. The predicted octanol–water partition coefficient (Wildman–Crippen LogP) is 2.57. The lowest BCUT2D eigenvalue weighted by atomic mass is 10.2. The van der Waals surface area contributed by atoms with Crippen molar-refractivity contribution in [3.63, 3.8) is 0 Å². The van der Waals surface area contributed by atoms with Crippen molar-refractivity contribution in [3.8, 4) is 6.07 Å². The highest BCUT2D eigenvalue weighted by atomic mass is 35.5. The molecule has 0 amide bonds. The van der Waals surface area contributed by atoms with E-state index < -0.39 is 31.7 Å². The Morgan fingerprint density at radius 2 is 2.11 bits per heavy atom. The molecule has 98 valence electrons. The third-order valence-electron chi connectivity index (χ3n) is 2.09. The van der Waals surface area contributed by atoms with E-state index in [9.17, 15) is 12.8 Å². The van der Waals surface area contributed by atoms with Gasteiger partial charge in [-0.25, -0.2) is 17.5 Å². The highest BCUT2D eigenvalue weighted by Crippen LogP contribution is 2.29. The molecule has 0 fully saturated rings. The van der Waals surface area contributed by atoms with Crippen LogP contribution in [0.1, 0.15) is 6.92 Å². The van der Waals surface area contributed by atoms with Gasteiger partial charge in [-0.15, -0.1) is 0 Å². The molecule has 0 bridgehead atoms. The summed E-state index contributed by atoms with van der Waals surface area (Å²) in [7, 11) is -3.97. The maximum atomic E-state index is 13.4. The highest BCUT2D eigenvalue weighted by Gasteiger charge is 2.22. The number of halogens is 3. The second kappa shape index (κ2) is 5.85. The Labute approximate surface area is 114 Å². The molecular weight excluding hydrogens is 302 g/mol. The lowest BCUT2D eigenvalue weighted by Gasteiger charge is -2.10. The first-order valence-electron chi connectivity index (χ1n) is 4.82. The van der Waals surface area contributed by atoms with Crippen LogP contribution in [0.3, 0.4) is 0 Å². The molecule has 1 rings (SSSR count). The van der Waals surface area contributed by atoms with Crippen molar-refractivity contribution in [3.05, 3.63) is 28.0 Å². The number of benzene rings is 1. The predicted molar refractivity (Wildman–Crippen MR) is 66.4 cm³/mol. The molecule has 0 spiro atoms. The molecule has 8 heteroatoms. The van der Waals surface area contributed by atoms with E-state index in [1.165, 1.54) is 0 Å². The van der Waals surface area contributed by atoms with Crippen LogP contribution >= 0.6 is 23.2 Å². The molecule has 0 aliphatic rings. The number of nitrogens with one attached hydrogen (secondary N) is 1. The van der Waals surface area contributed by atoms with E-state index in [1.54, 1.807) is 6.92 Å². The van der Waals surface area contributed by atoms with Gasteiger partial charge < -0.3 is 0 Å². The zero-order chi connectivity index (χ0) is 13.9. The second-order valence-electron chi connectivity index (χ2n) is 3.56. The lowest BCUT2D eigenvalue weighted by molar-refractivity contribution is 0.570. The number of nitriles is 1. The Morgan fingerprint density at radius 1 is 1.50 bits per heavy atom. The Hall–Kier alpha value is -0.870. The molecule has 0 aliphatic heterocycles. The van der Waals surface area contributed by atoms with Crippen LogP contribution in [0.5, 0.6) is 0 Å². The van der Waals surface area contributed by atoms with Gasteiger partial charge in [-0.2, -0.15) is 5.26 Å². The summed E-state index contributed by atoms with van der Waals surface area (Å²) in [4.78, 5) is -0.406. The van der Waals surface area contributed by atoms with Gasteiger partial charge in [0.2, 0.25) is 10.0 Å². The van der Waals surface area contributed by atoms with Crippen molar-refractivity contribution in [2.24, 2.45) is 5.92 Å². The van der Waals surface area contributed by atoms with Crippen LogP contribution in [0, 0.1) is 23.1 Å². The minimum absolute atomic E-state index is 0.0839. The summed E-state index contributed by atoms with van der Waals surface area (Å²) >= 11 is 11.1. The Bertz CT molecular complexity index is 599. The van der Waals surface area contributed by atoms with Crippen molar-refractivity contribution in [1.82, 2.24) is 4.72 Å². The fourth-order valence-corrected chi connectivity index (χ4v) is 2.95. The summed E-state index contributed by atoms with van der Waals surface area (Å²) in [6, 6.07) is 4.08. The van der Waals surface area contributed by atoms with Gasteiger partial charge in [-0.05, 0) is 19.1 Å². The second-order valence-corrected chi connectivity index (χ2v) is 6.08. The van der Waals surface area contributed by atoms with Crippen LogP contribution in [-0.2, 0) is 10.0 Å². The smallest absolute Gasteiger partial charge is 0.210 e. The van der Waals surface area contributed by atoms with Gasteiger partial charge in [0.15, 0.2) is 5.82 Å². The van der Waals surface area contributed by atoms with Crippen LogP contribution in [0.25, 0.3) is 0 Å². The average Bonchev–Trinajstić information content (AvgIpc) is 2.32. The fourth-order valence-electron chi connectivity index (χ4n) is 1.07. The zero-order valence-electron chi connectivity index (χ0n) is 9.25. The Morgan fingerprint density at radius 3 is 2.67 bits per heavy atom. The quantitative estimate of drug-likeness (QED) is 0.869. The maximum Gasteiger partial charge on any atom is 0.242 e. The van der Waals surface area contributed by atoms with Crippen LogP contribution in [0.4, 0.5) is 4.39 Å². The number of nitrogens with zero attached hydrogens (tertiary/aromatic N) is 1. The molecule has 0 radical (unpaired) electrons. The number of rotatable bonds is 4.